The van der Waals surface area contributed by atoms with Crippen molar-refractivity contribution in [2.24, 2.45) is 7.05 Å². The van der Waals surface area contributed by atoms with Gasteiger partial charge in [0, 0.05) is 30.1 Å². The molecule has 2 heterocycles. The Labute approximate surface area is 130 Å². The molecule has 20 heavy (non-hydrogen) atoms. The van der Waals surface area contributed by atoms with Crippen molar-refractivity contribution in [3.8, 4) is 0 Å². The molecule has 0 bridgehead atoms. The number of hydrogen-bond donors (Lipinski definition) is 1. The van der Waals surface area contributed by atoms with E-state index < -0.39 is 0 Å². The molecule has 1 N–H and O–H groups in total. The molecule has 0 saturated carbocycles. The molecule has 0 aliphatic heterocycles. The summed E-state index contributed by atoms with van der Waals surface area (Å²) in [6.07, 6.45) is 3.01. The molecule has 0 aliphatic rings. The van der Waals surface area contributed by atoms with Crippen LogP contribution in [0, 0.1) is 0 Å². The molecule has 3 nitrogen and oxygen atoms in total. The molecule has 0 fully saturated rings. The Balaban J connectivity index is 2.19. The Morgan fingerprint density at radius 3 is 2.80 bits per heavy atom. The summed E-state index contributed by atoms with van der Waals surface area (Å²) in [7, 11) is 2.02. The standard InChI is InChI=1S/C15H22ClN3S/c1-4-7-17-14(15-13(16)6-8-20-15)10-12-9-11(5-2)18-19(12)3/h6,8-9,14,17H,4-5,7,10H2,1-3H3. The Bertz CT molecular complexity index is 547. The van der Waals surface area contributed by atoms with Gasteiger partial charge in [-0.05, 0) is 36.9 Å². The Kier molecular flexibility index (Phi) is 5.64. The molecule has 2 aromatic heterocycles. The van der Waals surface area contributed by atoms with Crippen molar-refractivity contribution in [2.45, 2.75) is 39.2 Å². The van der Waals surface area contributed by atoms with E-state index in [9.17, 15) is 0 Å². The first-order chi connectivity index (χ1) is 9.65. The van der Waals surface area contributed by atoms with Crippen LogP contribution in [0.3, 0.4) is 0 Å². The van der Waals surface area contributed by atoms with Crippen molar-refractivity contribution < 1.29 is 0 Å². The molecule has 0 saturated heterocycles. The van der Waals surface area contributed by atoms with E-state index in [1.54, 1.807) is 11.3 Å². The highest BCUT2D eigenvalue weighted by Gasteiger charge is 2.18. The molecule has 2 aromatic rings. The first-order valence-corrected chi connectivity index (χ1v) is 8.39. The second-order valence-corrected chi connectivity index (χ2v) is 6.30. The van der Waals surface area contributed by atoms with Gasteiger partial charge in [0.15, 0.2) is 0 Å². The van der Waals surface area contributed by atoms with Gasteiger partial charge in [-0.15, -0.1) is 11.3 Å². The number of aromatic nitrogens is 2. The number of nitrogens with one attached hydrogen (secondary N) is 1. The van der Waals surface area contributed by atoms with Crippen molar-refractivity contribution in [3.05, 3.63) is 38.8 Å². The summed E-state index contributed by atoms with van der Waals surface area (Å²) in [6, 6.07) is 4.44. The minimum atomic E-state index is 0.266. The monoisotopic (exact) mass is 311 g/mol. The van der Waals surface area contributed by atoms with E-state index in [2.05, 4.69) is 35.7 Å². The molecule has 110 valence electrons. The quantitative estimate of drug-likeness (QED) is 0.838. The van der Waals surface area contributed by atoms with Crippen LogP contribution in [0.2, 0.25) is 5.02 Å². The van der Waals surface area contributed by atoms with Crippen molar-refractivity contribution in [1.82, 2.24) is 15.1 Å². The lowest BCUT2D eigenvalue weighted by Gasteiger charge is -2.18. The van der Waals surface area contributed by atoms with E-state index in [-0.39, 0.29) is 6.04 Å². The molecule has 0 aliphatic carbocycles. The molecule has 0 aromatic carbocycles. The van der Waals surface area contributed by atoms with Crippen LogP contribution in [0.25, 0.3) is 0 Å². The molecule has 0 amide bonds. The van der Waals surface area contributed by atoms with Gasteiger partial charge in [-0.1, -0.05) is 25.4 Å². The molecule has 1 unspecified atom stereocenters. The fraction of sp³-hybridized carbons (Fsp3) is 0.533. The van der Waals surface area contributed by atoms with Gasteiger partial charge in [0.25, 0.3) is 0 Å². The van der Waals surface area contributed by atoms with Crippen LogP contribution in [-0.2, 0) is 19.9 Å². The topological polar surface area (TPSA) is 29.9 Å². The van der Waals surface area contributed by atoms with Crippen LogP contribution >= 0.6 is 22.9 Å². The SMILES string of the molecule is CCCNC(Cc1cc(CC)nn1C)c1sccc1Cl. The lowest BCUT2D eigenvalue weighted by molar-refractivity contribution is 0.519. The van der Waals surface area contributed by atoms with Gasteiger partial charge in [-0.2, -0.15) is 5.10 Å². The third-order valence-electron chi connectivity index (χ3n) is 3.40. The number of halogens is 1. The zero-order valence-electron chi connectivity index (χ0n) is 12.3. The minimum absolute atomic E-state index is 0.266. The highest BCUT2D eigenvalue weighted by atomic mass is 35.5. The average molecular weight is 312 g/mol. The van der Waals surface area contributed by atoms with Gasteiger partial charge in [-0.3, -0.25) is 4.68 Å². The number of hydrogen-bond acceptors (Lipinski definition) is 3. The van der Waals surface area contributed by atoms with Gasteiger partial charge < -0.3 is 5.32 Å². The molecule has 0 spiro atoms. The predicted molar refractivity (Wildman–Crippen MR) is 86.7 cm³/mol. The predicted octanol–water partition coefficient (Wildman–Crippen LogP) is 3.98. The summed E-state index contributed by atoms with van der Waals surface area (Å²) < 4.78 is 1.99. The van der Waals surface area contributed by atoms with E-state index in [1.165, 1.54) is 10.6 Å². The molecular weight excluding hydrogens is 290 g/mol. The highest BCUT2D eigenvalue weighted by molar-refractivity contribution is 7.10. The molecular formula is C15H22ClN3S. The smallest absolute Gasteiger partial charge is 0.0624 e. The first kappa shape index (κ1) is 15.5. The van der Waals surface area contributed by atoms with Crippen molar-refractivity contribution in [1.29, 1.82) is 0 Å². The number of rotatable bonds is 7. The van der Waals surface area contributed by atoms with Crippen LogP contribution in [0.1, 0.15) is 42.6 Å². The van der Waals surface area contributed by atoms with Crippen LogP contribution in [0.4, 0.5) is 0 Å². The number of thiophene rings is 1. The molecule has 2 rings (SSSR count). The summed E-state index contributed by atoms with van der Waals surface area (Å²) in [5, 5.41) is 11.0. The van der Waals surface area contributed by atoms with E-state index >= 15 is 0 Å². The molecule has 0 radical (unpaired) electrons. The summed E-state index contributed by atoms with van der Waals surface area (Å²) in [4.78, 5) is 1.22. The second kappa shape index (κ2) is 7.25. The summed E-state index contributed by atoms with van der Waals surface area (Å²) in [5.41, 5.74) is 2.40. The number of nitrogens with zero attached hydrogens (tertiary/aromatic N) is 2. The van der Waals surface area contributed by atoms with Crippen LogP contribution < -0.4 is 5.32 Å². The average Bonchev–Trinajstić information content (AvgIpc) is 3.01. The molecule has 1 atom stereocenters. The maximum Gasteiger partial charge on any atom is 0.0624 e. The van der Waals surface area contributed by atoms with Crippen molar-refractivity contribution in [3.63, 3.8) is 0 Å². The maximum absolute atomic E-state index is 6.30. The van der Waals surface area contributed by atoms with Gasteiger partial charge in [0.2, 0.25) is 0 Å². The van der Waals surface area contributed by atoms with Crippen LogP contribution in [0.5, 0.6) is 0 Å². The van der Waals surface area contributed by atoms with E-state index in [0.29, 0.717) is 0 Å². The third kappa shape index (κ3) is 3.62. The van der Waals surface area contributed by atoms with Gasteiger partial charge in [0.1, 0.15) is 0 Å². The lowest BCUT2D eigenvalue weighted by Crippen LogP contribution is -2.24. The third-order valence-corrected chi connectivity index (χ3v) is 4.88. The van der Waals surface area contributed by atoms with E-state index in [4.69, 9.17) is 11.6 Å². The zero-order chi connectivity index (χ0) is 14.5. The van der Waals surface area contributed by atoms with E-state index in [1.807, 2.05) is 17.8 Å². The second-order valence-electron chi connectivity index (χ2n) is 4.95. The normalized spacial score (nSPS) is 12.8. The Morgan fingerprint density at radius 2 is 2.25 bits per heavy atom. The fourth-order valence-electron chi connectivity index (χ4n) is 2.27. The summed E-state index contributed by atoms with van der Waals surface area (Å²) >= 11 is 8.02. The first-order valence-electron chi connectivity index (χ1n) is 7.13. The highest BCUT2D eigenvalue weighted by Crippen LogP contribution is 2.31. The van der Waals surface area contributed by atoms with E-state index in [0.717, 1.165) is 36.5 Å². The Hall–Kier alpha value is -0.840. The summed E-state index contributed by atoms with van der Waals surface area (Å²) in [6.45, 7) is 5.31. The fourth-order valence-corrected chi connectivity index (χ4v) is 3.54. The zero-order valence-corrected chi connectivity index (χ0v) is 13.9. The van der Waals surface area contributed by atoms with Gasteiger partial charge in [-0.25, -0.2) is 0 Å². The van der Waals surface area contributed by atoms with Crippen molar-refractivity contribution in [2.75, 3.05) is 6.54 Å². The minimum Gasteiger partial charge on any atom is -0.309 e. The largest absolute Gasteiger partial charge is 0.309 e. The van der Waals surface area contributed by atoms with Crippen LogP contribution in [-0.4, -0.2) is 16.3 Å². The lowest BCUT2D eigenvalue weighted by atomic mass is 10.1. The van der Waals surface area contributed by atoms with Gasteiger partial charge >= 0.3 is 0 Å². The summed E-state index contributed by atoms with van der Waals surface area (Å²) in [5.74, 6) is 0. The van der Waals surface area contributed by atoms with Crippen molar-refractivity contribution >= 4 is 22.9 Å². The maximum atomic E-state index is 6.30. The van der Waals surface area contributed by atoms with Gasteiger partial charge in [0.05, 0.1) is 10.7 Å². The number of aryl methyl sites for hydroxylation is 2. The molecule has 5 heteroatoms. The van der Waals surface area contributed by atoms with Crippen LogP contribution in [0.15, 0.2) is 17.5 Å². The Morgan fingerprint density at radius 1 is 1.45 bits per heavy atom.